The van der Waals surface area contributed by atoms with Gasteiger partial charge in [-0.3, -0.25) is 10.1 Å². The van der Waals surface area contributed by atoms with E-state index in [4.69, 9.17) is 0 Å². The molecule has 1 aliphatic rings. The second-order valence-corrected chi connectivity index (χ2v) is 6.38. The predicted octanol–water partition coefficient (Wildman–Crippen LogP) is 0.231. The number of aromatic nitrogens is 2. The fourth-order valence-electron chi connectivity index (χ4n) is 1.87. The summed E-state index contributed by atoms with van der Waals surface area (Å²) < 4.78 is 24.8. The first-order valence-corrected chi connectivity index (χ1v) is 7.73. The molecule has 0 bridgehead atoms. The van der Waals surface area contributed by atoms with Gasteiger partial charge in [0.2, 0.25) is 21.9 Å². The van der Waals surface area contributed by atoms with Crippen molar-refractivity contribution in [1.82, 2.24) is 14.3 Å². The zero-order valence-electron chi connectivity index (χ0n) is 10.4. The van der Waals surface area contributed by atoms with Crippen LogP contribution in [0.4, 0.5) is 5.95 Å². The highest BCUT2D eigenvalue weighted by Gasteiger charge is 2.25. The highest BCUT2D eigenvalue weighted by atomic mass is 32.2. The normalized spacial score (nSPS) is 18.9. The number of amides is 1. The Morgan fingerprint density at radius 1 is 1.32 bits per heavy atom. The summed E-state index contributed by atoms with van der Waals surface area (Å²) in [5, 5.41) is 2.53. The van der Waals surface area contributed by atoms with Gasteiger partial charge in [0.05, 0.1) is 5.75 Å². The average Bonchev–Trinajstić information content (AvgIpc) is 2.38. The summed E-state index contributed by atoms with van der Waals surface area (Å²) in [6.45, 7) is 0.707. The van der Waals surface area contributed by atoms with E-state index in [9.17, 15) is 13.2 Å². The molecule has 1 saturated heterocycles. The number of carbonyl (C=O) groups is 1. The Kier molecular flexibility index (Phi) is 4.43. The van der Waals surface area contributed by atoms with Crippen LogP contribution in [0.2, 0.25) is 0 Å². The molecule has 1 N–H and O–H groups in total. The highest BCUT2D eigenvalue weighted by molar-refractivity contribution is 7.89. The molecule has 0 saturated carbocycles. The quantitative estimate of drug-likeness (QED) is 0.854. The molecule has 8 heteroatoms. The number of hydrogen-bond donors (Lipinski definition) is 1. The van der Waals surface area contributed by atoms with Gasteiger partial charge < -0.3 is 0 Å². The van der Waals surface area contributed by atoms with Gasteiger partial charge >= 0.3 is 0 Å². The minimum atomic E-state index is -3.17. The minimum Gasteiger partial charge on any atom is -0.294 e. The second kappa shape index (κ2) is 6.07. The number of rotatable bonds is 4. The van der Waals surface area contributed by atoms with Crippen molar-refractivity contribution < 1.29 is 13.2 Å². The minimum absolute atomic E-state index is 0.109. The van der Waals surface area contributed by atoms with Crippen molar-refractivity contribution in [3.8, 4) is 0 Å². The molecule has 1 aromatic rings. The molecule has 7 nitrogen and oxygen atoms in total. The summed E-state index contributed by atoms with van der Waals surface area (Å²) >= 11 is 0. The molecule has 1 aliphatic heterocycles. The van der Waals surface area contributed by atoms with Gasteiger partial charge in [0.1, 0.15) is 0 Å². The fraction of sp³-hybridized carbons (Fsp3) is 0.545. The fourth-order valence-corrected chi connectivity index (χ4v) is 3.47. The number of sulfonamides is 1. The number of nitrogens with zero attached hydrogens (tertiary/aromatic N) is 3. The summed E-state index contributed by atoms with van der Waals surface area (Å²) in [5.74, 6) is 0.122. The van der Waals surface area contributed by atoms with E-state index in [0.717, 1.165) is 6.42 Å². The number of carbonyl (C=O) groups excluding carboxylic acids is 1. The van der Waals surface area contributed by atoms with Crippen molar-refractivity contribution in [2.75, 3.05) is 24.2 Å². The van der Waals surface area contributed by atoms with E-state index in [2.05, 4.69) is 15.3 Å². The molecule has 0 aromatic carbocycles. The molecule has 0 atom stereocenters. The molecule has 2 heterocycles. The monoisotopic (exact) mass is 284 g/mol. The maximum absolute atomic E-state index is 11.7. The van der Waals surface area contributed by atoms with Crippen LogP contribution in [0.15, 0.2) is 18.5 Å². The van der Waals surface area contributed by atoms with Gasteiger partial charge in [-0.25, -0.2) is 22.7 Å². The van der Waals surface area contributed by atoms with Gasteiger partial charge in [-0.2, -0.15) is 0 Å². The lowest BCUT2D eigenvalue weighted by Crippen LogP contribution is -2.39. The molecule has 1 amide bonds. The van der Waals surface area contributed by atoms with Gasteiger partial charge in [-0.1, -0.05) is 0 Å². The molecule has 0 unspecified atom stereocenters. The third-order valence-electron chi connectivity index (χ3n) is 2.86. The largest absolute Gasteiger partial charge is 0.294 e. The van der Waals surface area contributed by atoms with E-state index in [-0.39, 0.29) is 30.6 Å². The van der Waals surface area contributed by atoms with Crippen LogP contribution in [-0.4, -0.2) is 47.4 Å². The average molecular weight is 284 g/mol. The van der Waals surface area contributed by atoms with E-state index in [0.29, 0.717) is 13.0 Å². The molecule has 19 heavy (non-hydrogen) atoms. The molecule has 0 radical (unpaired) electrons. The Hall–Kier alpha value is -1.54. The van der Waals surface area contributed by atoms with Crippen LogP contribution < -0.4 is 5.32 Å². The van der Waals surface area contributed by atoms with Gasteiger partial charge in [0.15, 0.2) is 0 Å². The smallest absolute Gasteiger partial charge is 0.229 e. The van der Waals surface area contributed by atoms with Crippen molar-refractivity contribution >= 4 is 21.9 Å². The summed E-state index contributed by atoms with van der Waals surface area (Å²) in [6.07, 6.45) is 4.71. The lowest BCUT2D eigenvalue weighted by molar-refractivity contribution is -0.116. The van der Waals surface area contributed by atoms with Crippen LogP contribution >= 0.6 is 0 Å². The van der Waals surface area contributed by atoms with E-state index in [1.54, 1.807) is 6.07 Å². The first kappa shape index (κ1) is 13.9. The second-order valence-electron chi connectivity index (χ2n) is 4.29. The molecular formula is C11H16N4O3S. The third kappa shape index (κ3) is 3.97. The van der Waals surface area contributed by atoms with Crippen LogP contribution in [0.1, 0.15) is 19.3 Å². The number of hydrogen-bond acceptors (Lipinski definition) is 5. The van der Waals surface area contributed by atoms with Crippen molar-refractivity contribution in [1.29, 1.82) is 0 Å². The van der Waals surface area contributed by atoms with Crippen LogP contribution in [0.25, 0.3) is 0 Å². The molecular weight excluding hydrogens is 268 g/mol. The van der Waals surface area contributed by atoms with Crippen molar-refractivity contribution in [2.24, 2.45) is 0 Å². The maximum Gasteiger partial charge on any atom is 0.229 e. The van der Waals surface area contributed by atoms with Gasteiger partial charge in [0, 0.05) is 31.9 Å². The van der Waals surface area contributed by atoms with Crippen LogP contribution in [0, 0.1) is 0 Å². The van der Waals surface area contributed by atoms with Crippen molar-refractivity contribution in [3.05, 3.63) is 18.5 Å². The summed E-state index contributed by atoms with van der Waals surface area (Å²) in [7, 11) is -3.17. The zero-order valence-corrected chi connectivity index (χ0v) is 11.3. The van der Waals surface area contributed by atoms with E-state index < -0.39 is 10.0 Å². The van der Waals surface area contributed by atoms with Crippen molar-refractivity contribution in [3.63, 3.8) is 0 Å². The molecule has 2 rings (SSSR count). The van der Waals surface area contributed by atoms with Gasteiger partial charge in [-0.05, 0) is 18.9 Å². The Bertz CT molecular complexity index is 532. The number of anilines is 1. The highest BCUT2D eigenvalue weighted by Crippen LogP contribution is 2.13. The molecule has 1 aromatic heterocycles. The van der Waals surface area contributed by atoms with Crippen LogP contribution in [-0.2, 0) is 14.8 Å². The van der Waals surface area contributed by atoms with E-state index in [1.165, 1.54) is 16.7 Å². The molecule has 0 aliphatic carbocycles. The predicted molar refractivity (Wildman–Crippen MR) is 69.9 cm³/mol. The summed E-state index contributed by atoms with van der Waals surface area (Å²) in [5.41, 5.74) is 0. The Morgan fingerprint density at radius 2 is 2.05 bits per heavy atom. The molecule has 1 fully saturated rings. The summed E-state index contributed by atoms with van der Waals surface area (Å²) in [4.78, 5) is 19.4. The summed E-state index contributed by atoms with van der Waals surface area (Å²) in [6, 6.07) is 1.65. The van der Waals surface area contributed by atoms with Gasteiger partial charge in [0.25, 0.3) is 0 Å². The lowest BCUT2D eigenvalue weighted by Gasteiger charge is -2.25. The first-order chi connectivity index (χ1) is 9.08. The first-order valence-electron chi connectivity index (χ1n) is 6.12. The topological polar surface area (TPSA) is 92.3 Å². The third-order valence-corrected chi connectivity index (χ3v) is 4.81. The van der Waals surface area contributed by atoms with E-state index in [1.807, 2.05) is 0 Å². The number of nitrogens with one attached hydrogen (secondary N) is 1. The lowest BCUT2D eigenvalue weighted by atomic mass is 10.3. The van der Waals surface area contributed by atoms with Gasteiger partial charge in [-0.15, -0.1) is 0 Å². The Morgan fingerprint density at radius 3 is 2.74 bits per heavy atom. The van der Waals surface area contributed by atoms with E-state index >= 15 is 0 Å². The Labute approximate surface area is 112 Å². The Balaban J connectivity index is 1.83. The SMILES string of the molecule is O=C(CCN1CCCCS1(=O)=O)Nc1ncccn1. The molecule has 104 valence electrons. The van der Waals surface area contributed by atoms with Crippen LogP contribution in [0.5, 0.6) is 0 Å². The maximum atomic E-state index is 11.7. The standard InChI is InChI=1S/C11H16N4O3S/c16-10(14-11-12-5-3-6-13-11)4-8-15-7-1-2-9-19(15,17)18/h3,5-6H,1-2,4,7-9H2,(H,12,13,14,16). The van der Waals surface area contributed by atoms with Crippen LogP contribution in [0.3, 0.4) is 0 Å². The zero-order chi connectivity index (χ0) is 13.7. The van der Waals surface area contributed by atoms with Crippen molar-refractivity contribution in [2.45, 2.75) is 19.3 Å². The molecule has 0 spiro atoms.